The number of carbonyl (C=O) groups excluding carboxylic acids is 1. The molecule has 0 amide bonds. The van der Waals surface area contributed by atoms with Crippen LogP contribution in [-0.4, -0.2) is 29.2 Å². The first-order valence-electron chi connectivity index (χ1n) is 10.7. The van der Waals surface area contributed by atoms with E-state index in [1.807, 2.05) is 79.7 Å². The minimum absolute atomic E-state index is 0.279. The summed E-state index contributed by atoms with van der Waals surface area (Å²) in [5.41, 5.74) is 4.76. The van der Waals surface area contributed by atoms with Crippen LogP contribution in [0.15, 0.2) is 82.8 Å². The van der Waals surface area contributed by atoms with E-state index in [0.717, 1.165) is 32.4 Å². The molecule has 0 bridgehead atoms. The number of aromatic nitrogens is 2. The first-order valence-corrected chi connectivity index (χ1v) is 11.4. The van der Waals surface area contributed by atoms with Gasteiger partial charge in [0.1, 0.15) is 5.75 Å². The minimum Gasteiger partial charge on any atom is -0.497 e. The summed E-state index contributed by atoms with van der Waals surface area (Å²) in [5, 5.41) is 3.42. The molecule has 1 aromatic heterocycles. The number of esters is 1. The average Bonchev–Trinajstić information content (AvgIpc) is 3.21. The normalized spacial score (nSPS) is 15.2. The maximum atomic E-state index is 13.5. The maximum absolute atomic E-state index is 13.5. The van der Waals surface area contributed by atoms with E-state index >= 15 is 0 Å². The molecule has 0 spiro atoms. The highest BCUT2D eigenvalue weighted by atomic mass is 79.9. The standard InChI is InChI=1S/C26H22BrN3O3/c1-3-33-25(31)22-23(16-11-13-19(32-2)14-12-16)29-26-28-20-9-4-5-10-21(20)30(26)24(22)17-7-6-8-18(27)15-17/h4-15,24H,3H2,1-2H3,(H,28,29)/t24-/m0/s1. The molecule has 33 heavy (non-hydrogen) atoms. The monoisotopic (exact) mass is 503 g/mol. The molecule has 1 aliphatic rings. The second-order valence-electron chi connectivity index (χ2n) is 7.61. The van der Waals surface area contributed by atoms with Gasteiger partial charge in [0.25, 0.3) is 0 Å². The molecule has 0 saturated heterocycles. The second kappa shape index (κ2) is 8.75. The number of anilines is 1. The van der Waals surface area contributed by atoms with Crippen molar-refractivity contribution in [2.75, 3.05) is 19.0 Å². The van der Waals surface area contributed by atoms with Crippen LogP contribution in [0.2, 0.25) is 0 Å². The van der Waals surface area contributed by atoms with Crippen LogP contribution in [0.5, 0.6) is 5.75 Å². The zero-order chi connectivity index (χ0) is 22.9. The second-order valence-corrected chi connectivity index (χ2v) is 8.53. The van der Waals surface area contributed by atoms with Gasteiger partial charge in [-0.2, -0.15) is 0 Å². The summed E-state index contributed by atoms with van der Waals surface area (Å²) in [4.78, 5) is 18.3. The molecule has 4 aromatic rings. The number of fused-ring (bicyclic) bond motifs is 3. The Balaban J connectivity index is 1.81. The van der Waals surface area contributed by atoms with E-state index in [0.29, 0.717) is 17.2 Å². The van der Waals surface area contributed by atoms with E-state index in [1.165, 1.54) is 0 Å². The van der Waals surface area contributed by atoms with Gasteiger partial charge in [0.05, 0.1) is 42.1 Å². The molecule has 0 aliphatic carbocycles. The van der Waals surface area contributed by atoms with Crippen molar-refractivity contribution in [2.45, 2.75) is 13.0 Å². The molecule has 1 N–H and O–H groups in total. The Morgan fingerprint density at radius 1 is 1.09 bits per heavy atom. The molecule has 6 nitrogen and oxygen atoms in total. The Morgan fingerprint density at radius 2 is 1.88 bits per heavy atom. The van der Waals surface area contributed by atoms with E-state index in [1.54, 1.807) is 7.11 Å². The largest absolute Gasteiger partial charge is 0.497 e. The molecular formula is C26H22BrN3O3. The van der Waals surface area contributed by atoms with E-state index in [-0.39, 0.29) is 12.6 Å². The van der Waals surface area contributed by atoms with Crippen molar-refractivity contribution in [2.24, 2.45) is 0 Å². The lowest BCUT2D eigenvalue weighted by molar-refractivity contribution is -0.138. The number of carbonyl (C=O) groups is 1. The summed E-state index contributed by atoms with van der Waals surface area (Å²) < 4.78 is 13.9. The van der Waals surface area contributed by atoms with Crippen molar-refractivity contribution in [3.05, 3.63) is 94.0 Å². The Bertz CT molecular complexity index is 1380. The first-order chi connectivity index (χ1) is 16.1. The highest BCUT2D eigenvalue weighted by molar-refractivity contribution is 9.10. The number of hydrogen-bond acceptors (Lipinski definition) is 5. The van der Waals surface area contributed by atoms with Crippen LogP contribution in [0.3, 0.4) is 0 Å². The molecule has 7 heteroatoms. The van der Waals surface area contributed by atoms with Gasteiger partial charge in [-0.05, 0) is 66.6 Å². The van der Waals surface area contributed by atoms with Crippen LogP contribution in [-0.2, 0) is 9.53 Å². The van der Waals surface area contributed by atoms with Gasteiger partial charge < -0.3 is 14.8 Å². The third kappa shape index (κ3) is 3.78. The van der Waals surface area contributed by atoms with E-state index in [4.69, 9.17) is 14.5 Å². The number of imidazole rings is 1. The fourth-order valence-electron chi connectivity index (χ4n) is 4.24. The Morgan fingerprint density at radius 3 is 2.61 bits per heavy atom. The number of halogens is 1. The van der Waals surface area contributed by atoms with Crippen LogP contribution >= 0.6 is 15.9 Å². The molecule has 1 atom stereocenters. The molecule has 0 fully saturated rings. The molecule has 2 heterocycles. The highest BCUT2D eigenvalue weighted by Crippen LogP contribution is 2.42. The predicted octanol–water partition coefficient (Wildman–Crippen LogP) is 5.80. The van der Waals surface area contributed by atoms with Crippen LogP contribution in [0.4, 0.5) is 5.95 Å². The van der Waals surface area contributed by atoms with Gasteiger partial charge in [0, 0.05) is 4.47 Å². The van der Waals surface area contributed by atoms with Gasteiger partial charge in [0.15, 0.2) is 0 Å². The molecule has 3 aromatic carbocycles. The Kier molecular flexibility index (Phi) is 5.64. The summed E-state index contributed by atoms with van der Waals surface area (Å²) in [7, 11) is 1.63. The van der Waals surface area contributed by atoms with Gasteiger partial charge in [-0.1, -0.05) is 40.2 Å². The van der Waals surface area contributed by atoms with Crippen molar-refractivity contribution >= 4 is 44.6 Å². The van der Waals surface area contributed by atoms with Gasteiger partial charge in [0.2, 0.25) is 5.95 Å². The Hall–Kier alpha value is -3.58. The number of hydrogen-bond donors (Lipinski definition) is 1. The fourth-order valence-corrected chi connectivity index (χ4v) is 4.66. The van der Waals surface area contributed by atoms with Gasteiger partial charge in [-0.25, -0.2) is 9.78 Å². The van der Waals surface area contributed by atoms with Crippen LogP contribution in [0, 0.1) is 0 Å². The number of nitrogens with one attached hydrogen (secondary N) is 1. The van der Waals surface area contributed by atoms with Crippen molar-refractivity contribution in [3.63, 3.8) is 0 Å². The van der Waals surface area contributed by atoms with Crippen LogP contribution in [0.1, 0.15) is 24.1 Å². The third-order valence-corrected chi connectivity index (χ3v) is 6.17. The summed E-state index contributed by atoms with van der Waals surface area (Å²) in [6.45, 7) is 2.09. The zero-order valence-electron chi connectivity index (χ0n) is 18.2. The quantitative estimate of drug-likeness (QED) is 0.348. The molecular weight excluding hydrogens is 482 g/mol. The highest BCUT2D eigenvalue weighted by Gasteiger charge is 2.36. The summed E-state index contributed by atoms with van der Waals surface area (Å²) in [6, 6.07) is 23.1. The maximum Gasteiger partial charge on any atom is 0.338 e. The lowest BCUT2D eigenvalue weighted by Crippen LogP contribution is -2.29. The molecule has 166 valence electrons. The number of para-hydroxylation sites is 2. The number of rotatable bonds is 5. The molecule has 5 rings (SSSR count). The summed E-state index contributed by atoms with van der Waals surface area (Å²) >= 11 is 3.59. The number of methoxy groups -OCH3 is 1. The molecule has 1 aliphatic heterocycles. The Labute approximate surface area is 200 Å². The topological polar surface area (TPSA) is 65.4 Å². The fraction of sp³-hybridized carbons (Fsp3) is 0.154. The zero-order valence-corrected chi connectivity index (χ0v) is 19.8. The van der Waals surface area contributed by atoms with Crippen LogP contribution < -0.4 is 10.1 Å². The van der Waals surface area contributed by atoms with Gasteiger partial charge in [-0.15, -0.1) is 0 Å². The number of benzene rings is 3. The smallest absolute Gasteiger partial charge is 0.338 e. The lowest BCUT2D eigenvalue weighted by Gasteiger charge is -2.31. The van der Waals surface area contributed by atoms with E-state index in [9.17, 15) is 4.79 Å². The van der Waals surface area contributed by atoms with Crippen molar-refractivity contribution in [3.8, 4) is 5.75 Å². The molecule has 0 unspecified atom stereocenters. The van der Waals surface area contributed by atoms with Gasteiger partial charge in [-0.3, -0.25) is 4.57 Å². The number of nitrogens with zero attached hydrogens (tertiary/aromatic N) is 2. The van der Waals surface area contributed by atoms with Crippen molar-refractivity contribution in [1.82, 2.24) is 9.55 Å². The van der Waals surface area contributed by atoms with E-state index < -0.39 is 6.04 Å². The lowest BCUT2D eigenvalue weighted by atomic mass is 9.92. The van der Waals surface area contributed by atoms with Crippen molar-refractivity contribution < 1.29 is 14.3 Å². The summed E-state index contributed by atoms with van der Waals surface area (Å²) in [5.74, 6) is 1.04. The molecule has 0 saturated carbocycles. The van der Waals surface area contributed by atoms with Crippen molar-refractivity contribution in [1.29, 1.82) is 0 Å². The molecule has 0 radical (unpaired) electrons. The summed E-state index contributed by atoms with van der Waals surface area (Å²) in [6.07, 6.45) is 0. The van der Waals surface area contributed by atoms with Gasteiger partial charge >= 0.3 is 5.97 Å². The minimum atomic E-state index is -0.428. The van der Waals surface area contributed by atoms with Crippen LogP contribution in [0.25, 0.3) is 16.7 Å². The first kappa shape index (κ1) is 21.3. The third-order valence-electron chi connectivity index (χ3n) is 5.67. The predicted molar refractivity (Wildman–Crippen MR) is 132 cm³/mol. The van der Waals surface area contributed by atoms with E-state index in [2.05, 4.69) is 25.8 Å². The SMILES string of the molecule is CCOC(=O)C1=C(c2ccc(OC)cc2)Nc2nc3ccccc3n2[C@H]1c1cccc(Br)c1. The average molecular weight is 504 g/mol. The number of ether oxygens (including phenoxy) is 2.